The van der Waals surface area contributed by atoms with Crippen LogP contribution in [0.5, 0.6) is 0 Å². The molecule has 4 rings (SSSR count). The minimum absolute atomic E-state index is 0.350. The number of nitrogens with one attached hydrogen (secondary N) is 1. The molecule has 0 unspecified atom stereocenters. The van der Waals surface area contributed by atoms with Gasteiger partial charge in [-0.1, -0.05) is 13.3 Å². The molecule has 0 amide bonds. The number of nitrogens with zero attached hydrogens (tertiary/aromatic N) is 6. The molecule has 1 fully saturated rings. The second-order valence-corrected chi connectivity index (χ2v) is 7.12. The molecule has 0 atom stereocenters. The van der Waals surface area contributed by atoms with Crippen LogP contribution >= 0.6 is 0 Å². The quantitative estimate of drug-likeness (QED) is 0.636. The zero-order chi connectivity index (χ0) is 19.6. The van der Waals surface area contributed by atoms with Crippen LogP contribution in [0.1, 0.15) is 31.7 Å². The van der Waals surface area contributed by atoms with Gasteiger partial charge in [0.25, 0.3) is 0 Å². The first kappa shape index (κ1) is 18.2. The minimum Gasteiger partial charge on any atom is -0.346 e. The van der Waals surface area contributed by atoms with Gasteiger partial charge in [0.05, 0.1) is 43.9 Å². The Morgan fingerprint density at radius 2 is 2.18 bits per heavy atom. The van der Waals surface area contributed by atoms with Crippen LogP contribution in [0.2, 0.25) is 0 Å². The zero-order valence-electron chi connectivity index (χ0n) is 15.7. The summed E-state index contributed by atoms with van der Waals surface area (Å²) in [5, 5.41) is 26.2. The molecule has 0 spiro atoms. The molecule has 28 heavy (non-hydrogen) atoms. The lowest BCUT2D eigenvalue weighted by Crippen LogP contribution is -2.62. The van der Waals surface area contributed by atoms with Gasteiger partial charge in [-0.3, -0.25) is 9.52 Å². The number of hydrogen-bond acceptors (Lipinski definition) is 6. The Bertz CT molecular complexity index is 1060. The summed E-state index contributed by atoms with van der Waals surface area (Å²) >= 11 is 0. The highest BCUT2D eigenvalue weighted by Crippen LogP contribution is 2.35. The van der Waals surface area contributed by atoms with E-state index >= 15 is 0 Å². The molecule has 1 aliphatic rings. The standard InChI is InChI=1S/C20H21N7O/c1-2-3-8-28-26-13-20(14-26,5-6-21)27-12-16(11-25-27)18-15(9-22)10-24-19-17(18)4-7-23-19/h4,7,10-12H,2-3,5,8,13-14H2,1H3,(H,23,24). The molecule has 1 saturated heterocycles. The topological polar surface area (TPSA) is 107 Å². The lowest BCUT2D eigenvalue weighted by Gasteiger charge is -2.47. The van der Waals surface area contributed by atoms with E-state index in [-0.39, 0.29) is 0 Å². The summed E-state index contributed by atoms with van der Waals surface area (Å²) in [5.41, 5.74) is 2.47. The maximum absolute atomic E-state index is 9.53. The zero-order valence-corrected chi connectivity index (χ0v) is 15.7. The van der Waals surface area contributed by atoms with Crippen molar-refractivity contribution in [2.45, 2.75) is 31.7 Å². The van der Waals surface area contributed by atoms with Crippen LogP contribution in [-0.4, -0.2) is 44.5 Å². The molecule has 8 nitrogen and oxygen atoms in total. The number of aromatic nitrogens is 4. The average Bonchev–Trinajstić information content (AvgIpc) is 3.34. The van der Waals surface area contributed by atoms with Gasteiger partial charge in [0.2, 0.25) is 0 Å². The predicted octanol–water partition coefficient (Wildman–Crippen LogP) is 2.95. The highest BCUT2D eigenvalue weighted by molar-refractivity contribution is 5.95. The number of H-pyrrole nitrogens is 1. The fourth-order valence-electron chi connectivity index (χ4n) is 3.64. The molecule has 4 heterocycles. The Morgan fingerprint density at radius 3 is 2.93 bits per heavy atom. The molecule has 0 aliphatic carbocycles. The molecule has 1 N–H and O–H groups in total. The first-order valence-corrected chi connectivity index (χ1v) is 9.37. The summed E-state index contributed by atoms with van der Waals surface area (Å²) in [4.78, 5) is 13.1. The smallest absolute Gasteiger partial charge is 0.137 e. The van der Waals surface area contributed by atoms with Gasteiger partial charge in [-0.2, -0.15) is 20.7 Å². The number of nitriles is 2. The third kappa shape index (κ3) is 3.03. The number of hydroxylamine groups is 2. The lowest BCUT2D eigenvalue weighted by atomic mass is 9.88. The number of rotatable bonds is 7. The van der Waals surface area contributed by atoms with Crippen molar-refractivity contribution in [3.05, 3.63) is 36.4 Å². The maximum Gasteiger partial charge on any atom is 0.137 e. The first-order valence-electron chi connectivity index (χ1n) is 9.37. The largest absolute Gasteiger partial charge is 0.346 e. The summed E-state index contributed by atoms with van der Waals surface area (Å²) in [7, 11) is 0. The van der Waals surface area contributed by atoms with Gasteiger partial charge in [0, 0.05) is 35.1 Å². The predicted molar refractivity (Wildman–Crippen MR) is 103 cm³/mol. The van der Waals surface area contributed by atoms with Gasteiger partial charge >= 0.3 is 0 Å². The molecule has 3 aromatic rings. The van der Waals surface area contributed by atoms with Gasteiger partial charge in [-0.05, 0) is 12.5 Å². The fraction of sp³-hybridized carbons (Fsp3) is 0.400. The van der Waals surface area contributed by atoms with Crippen molar-refractivity contribution < 1.29 is 4.84 Å². The van der Waals surface area contributed by atoms with Gasteiger partial charge in [-0.25, -0.2) is 4.98 Å². The third-order valence-corrected chi connectivity index (χ3v) is 5.19. The first-order chi connectivity index (χ1) is 13.7. The van der Waals surface area contributed by atoms with Crippen LogP contribution in [0.4, 0.5) is 0 Å². The number of unbranched alkanes of at least 4 members (excludes halogenated alkanes) is 1. The van der Waals surface area contributed by atoms with E-state index in [2.05, 4.69) is 34.1 Å². The van der Waals surface area contributed by atoms with Gasteiger partial charge in [0.1, 0.15) is 17.3 Å². The highest BCUT2D eigenvalue weighted by Gasteiger charge is 2.46. The van der Waals surface area contributed by atoms with Crippen LogP contribution < -0.4 is 0 Å². The van der Waals surface area contributed by atoms with Crippen molar-refractivity contribution in [3.8, 4) is 23.3 Å². The molecule has 142 valence electrons. The lowest BCUT2D eigenvalue weighted by molar-refractivity contribution is -0.245. The number of hydrogen-bond donors (Lipinski definition) is 1. The van der Waals surface area contributed by atoms with Crippen molar-refractivity contribution in [1.29, 1.82) is 10.5 Å². The van der Waals surface area contributed by atoms with Crippen LogP contribution in [0, 0.1) is 22.7 Å². The molecule has 0 saturated carbocycles. The summed E-state index contributed by atoms with van der Waals surface area (Å²) < 4.78 is 1.85. The molecule has 8 heteroatoms. The molecule has 3 aromatic heterocycles. The van der Waals surface area contributed by atoms with Crippen molar-refractivity contribution in [1.82, 2.24) is 24.8 Å². The second-order valence-electron chi connectivity index (χ2n) is 7.12. The molecule has 0 radical (unpaired) electrons. The Hall–Kier alpha value is -3.20. The number of aromatic amines is 1. The minimum atomic E-state index is -0.406. The maximum atomic E-state index is 9.53. The average molecular weight is 375 g/mol. The van der Waals surface area contributed by atoms with Crippen molar-refractivity contribution in [2.24, 2.45) is 0 Å². The van der Waals surface area contributed by atoms with Crippen molar-refractivity contribution >= 4 is 11.0 Å². The van der Waals surface area contributed by atoms with E-state index in [9.17, 15) is 10.5 Å². The van der Waals surface area contributed by atoms with Gasteiger partial charge in [-0.15, -0.1) is 0 Å². The number of fused-ring (bicyclic) bond motifs is 1. The fourth-order valence-corrected chi connectivity index (χ4v) is 3.64. The Labute approximate surface area is 162 Å². The van der Waals surface area contributed by atoms with E-state index < -0.39 is 5.54 Å². The van der Waals surface area contributed by atoms with Crippen molar-refractivity contribution in [2.75, 3.05) is 19.7 Å². The van der Waals surface area contributed by atoms with Crippen LogP contribution in [0.3, 0.4) is 0 Å². The molecule has 1 aliphatic heterocycles. The van der Waals surface area contributed by atoms with E-state index in [0.29, 0.717) is 31.7 Å². The SMILES string of the molecule is CCCCON1CC(CC#N)(n2cc(-c3c(C#N)cnc4[nH]ccc34)cn2)C1. The summed E-state index contributed by atoms with van der Waals surface area (Å²) in [6.07, 6.45) is 9.50. The van der Waals surface area contributed by atoms with Crippen LogP contribution in [-0.2, 0) is 10.4 Å². The molecule has 0 bridgehead atoms. The molecular weight excluding hydrogens is 354 g/mol. The highest BCUT2D eigenvalue weighted by atomic mass is 16.7. The van der Waals surface area contributed by atoms with Crippen molar-refractivity contribution in [3.63, 3.8) is 0 Å². The normalized spacial score (nSPS) is 15.8. The van der Waals surface area contributed by atoms with Gasteiger partial charge < -0.3 is 4.98 Å². The summed E-state index contributed by atoms with van der Waals surface area (Å²) in [6, 6.07) is 6.41. The second kappa shape index (κ2) is 7.43. The van der Waals surface area contributed by atoms with E-state index in [1.165, 1.54) is 0 Å². The Balaban J connectivity index is 1.64. The molecule has 0 aromatic carbocycles. The van der Waals surface area contributed by atoms with Crippen LogP contribution in [0.25, 0.3) is 22.2 Å². The summed E-state index contributed by atoms with van der Waals surface area (Å²) in [5.74, 6) is 0. The van der Waals surface area contributed by atoms with E-state index in [4.69, 9.17) is 4.84 Å². The summed E-state index contributed by atoms with van der Waals surface area (Å²) in [6.45, 7) is 4.05. The van der Waals surface area contributed by atoms with E-state index in [1.54, 1.807) is 18.6 Å². The van der Waals surface area contributed by atoms with Gasteiger partial charge in [0.15, 0.2) is 0 Å². The molecular formula is C20H21N7O. The van der Waals surface area contributed by atoms with E-state index in [0.717, 1.165) is 35.0 Å². The Kier molecular flexibility index (Phi) is 4.82. The Morgan fingerprint density at radius 1 is 1.32 bits per heavy atom. The monoisotopic (exact) mass is 375 g/mol. The van der Waals surface area contributed by atoms with Crippen LogP contribution in [0.15, 0.2) is 30.9 Å². The third-order valence-electron chi connectivity index (χ3n) is 5.19. The van der Waals surface area contributed by atoms with E-state index in [1.807, 2.05) is 22.0 Å². The number of pyridine rings is 1.